The molecule has 1 aromatic heterocycles. The lowest BCUT2D eigenvalue weighted by molar-refractivity contribution is -0.121. The van der Waals surface area contributed by atoms with Crippen LogP contribution in [0.15, 0.2) is 84.0 Å². The molecule has 0 spiro atoms. The molecule has 0 aliphatic carbocycles. The first-order valence-electron chi connectivity index (χ1n) is 10.7. The molecule has 33 heavy (non-hydrogen) atoms. The highest BCUT2D eigenvalue weighted by Gasteiger charge is 2.40. The van der Waals surface area contributed by atoms with Gasteiger partial charge in [-0.3, -0.25) is 9.59 Å². The number of ether oxygens (including phenoxy) is 1. The van der Waals surface area contributed by atoms with Crippen molar-refractivity contribution >= 4 is 40.2 Å². The Labute approximate surface area is 195 Å². The first-order valence-corrected chi connectivity index (χ1v) is 11.6. The Balaban J connectivity index is 1.44. The van der Waals surface area contributed by atoms with Gasteiger partial charge in [0.25, 0.3) is 0 Å². The molecule has 1 aliphatic rings. The highest BCUT2D eigenvalue weighted by atomic mass is 32.2. The minimum atomic E-state index is -0.575. The molecule has 1 saturated heterocycles. The monoisotopic (exact) mass is 455 g/mol. The van der Waals surface area contributed by atoms with Gasteiger partial charge < -0.3 is 4.74 Å². The van der Waals surface area contributed by atoms with Crippen molar-refractivity contribution in [2.45, 2.75) is 23.8 Å². The average molecular weight is 456 g/mol. The Morgan fingerprint density at radius 1 is 0.939 bits per heavy atom. The van der Waals surface area contributed by atoms with Gasteiger partial charge in [0, 0.05) is 17.4 Å². The van der Waals surface area contributed by atoms with Gasteiger partial charge >= 0.3 is 0 Å². The lowest BCUT2D eigenvalue weighted by Crippen LogP contribution is -2.31. The Morgan fingerprint density at radius 3 is 2.42 bits per heavy atom. The fourth-order valence-electron chi connectivity index (χ4n) is 3.88. The van der Waals surface area contributed by atoms with Crippen molar-refractivity contribution in [1.29, 1.82) is 0 Å². The number of amides is 2. The van der Waals surface area contributed by atoms with E-state index >= 15 is 0 Å². The van der Waals surface area contributed by atoms with Gasteiger partial charge in [0.1, 0.15) is 11.0 Å². The zero-order chi connectivity index (χ0) is 22.8. The predicted octanol–water partition coefficient (Wildman–Crippen LogP) is 5.12. The molecule has 0 saturated carbocycles. The molecule has 1 atom stereocenters. The Morgan fingerprint density at radius 2 is 1.67 bits per heavy atom. The molecule has 2 amide bonds. The van der Waals surface area contributed by atoms with Crippen molar-refractivity contribution in [3.63, 3.8) is 0 Å². The summed E-state index contributed by atoms with van der Waals surface area (Å²) in [5, 5.41) is 0.846. The number of hydrogen-bond donors (Lipinski definition) is 0. The number of nitrogens with zero attached hydrogens (tertiary/aromatic N) is 3. The highest BCUT2D eigenvalue weighted by molar-refractivity contribution is 8.00. The van der Waals surface area contributed by atoms with Gasteiger partial charge in [0.15, 0.2) is 5.16 Å². The largest absolute Gasteiger partial charge is 0.494 e. The summed E-state index contributed by atoms with van der Waals surface area (Å²) < 4.78 is 5.45. The first kappa shape index (κ1) is 21.2. The van der Waals surface area contributed by atoms with Crippen LogP contribution in [0.3, 0.4) is 0 Å². The van der Waals surface area contributed by atoms with Crippen molar-refractivity contribution in [3.8, 4) is 17.0 Å². The minimum absolute atomic E-state index is 0.105. The summed E-state index contributed by atoms with van der Waals surface area (Å²) in [7, 11) is 0. The number of thioether (sulfide) groups is 1. The smallest absolute Gasteiger partial charge is 0.247 e. The van der Waals surface area contributed by atoms with E-state index in [4.69, 9.17) is 9.72 Å². The van der Waals surface area contributed by atoms with Crippen LogP contribution in [0.4, 0.5) is 5.69 Å². The van der Waals surface area contributed by atoms with E-state index in [-0.39, 0.29) is 18.2 Å². The first-order chi connectivity index (χ1) is 16.1. The number of carbonyl (C=O) groups excluding carboxylic acids is 2. The molecule has 164 valence electrons. The molecule has 5 rings (SSSR count). The Kier molecular flexibility index (Phi) is 5.79. The maximum atomic E-state index is 13.1. The fourth-order valence-corrected chi connectivity index (χ4v) is 4.86. The number of para-hydroxylation sites is 1. The van der Waals surface area contributed by atoms with E-state index in [1.807, 2.05) is 61.5 Å². The van der Waals surface area contributed by atoms with Crippen LogP contribution in [0, 0.1) is 0 Å². The van der Waals surface area contributed by atoms with Crippen molar-refractivity contribution in [2.24, 2.45) is 0 Å². The summed E-state index contributed by atoms with van der Waals surface area (Å²) in [5.41, 5.74) is 3.13. The number of hydrogen-bond acceptors (Lipinski definition) is 6. The van der Waals surface area contributed by atoms with E-state index in [2.05, 4.69) is 4.98 Å². The van der Waals surface area contributed by atoms with Gasteiger partial charge in [-0.05, 0) is 37.3 Å². The molecule has 0 N–H and O–H groups in total. The average Bonchev–Trinajstić information content (AvgIpc) is 3.12. The van der Waals surface area contributed by atoms with E-state index < -0.39 is 5.25 Å². The second kappa shape index (κ2) is 9.03. The van der Waals surface area contributed by atoms with Crippen LogP contribution in [0.25, 0.3) is 22.2 Å². The molecule has 1 fully saturated rings. The van der Waals surface area contributed by atoms with E-state index in [0.29, 0.717) is 23.2 Å². The summed E-state index contributed by atoms with van der Waals surface area (Å²) in [5.74, 6) is 0.210. The van der Waals surface area contributed by atoms with Gasteiger partial charge in [-0.2, -0.15) is 0 Å². The lowest BCUT2D eigenvalue weighted by atomic mass is 10.1. The predicted molar refractivity (Wildman–Crippen MR) is 129 cm³/mol. The van der Waals surface area contributed by atoms with Gasteiger partial charge in [0.05, 0.1) is 23.5 Å². The summed E-state index contributed by atoms with van der Waals surface area (Å²) in [4.78, 5) is 36.6. The zero-order valence-electron chi connectivity index (χ0n) is 18.0. The van der Waals surface area contributed by atoms with E-state index in [1.165, 1.54) is 16.7 Å². The molecular formula is C26H21N3O3S. The summed E-state index contributed by atoms with van der Waals surface area (Å²) in [6, 6.07) is 24.7. The van der Waals surface area contributed by atoms with Crippen LogP contribution in [-0.4, -0.2) is 33.6 Å². The molecule has 7 heteroatoms. The molecule has 0 radical (unpaired) electrons. The van der Waals surface area contributed by atoms with E-state index in [9.17, 15) is 9.59 Å². The van der Waals surface area contributed by atoms with Gasteiger partial charge in [0.2, 0.25) is 11.8 Å². The van der Waals surface area contributed by atoms with Crippen molar-refractivity contribution in [1.82, 2.24) is 9.97 Å². The molecule has 1 aliphatic heterocycles. The maximum Gasteiger partial charge on any atom is 0.247 e. The number of rotatable bonds is 6. The molecule has 2 heterocycles. The quantitative estimate of drug-likeness (QED) is 0.297. The normalized spacial score (nSPS) is 15.9. The van der Waals surface area contributed by atoms with Crippen molar-refractivity contribution in [3.05, 3.63) is 78.9 Å². The van der Waals surface area contributed by atoms with E-state index in [1.54, 1.807) is 24.3 Å². The molecule has 3 aromatic carbocycles. The standard InChI is InChI=1S/C26H21N3O3S/c1-2-32-19-14-12-18(13-15-19)29-23(30)16-22(25(29)31)33-26-27-21-11-7-6-10-20(21)24(28-26)17-8-4-3-5-9-17/h3-15,22H,2,16H2,1H3. The van der Waals surface area contributed by atoms with Crippen molar-refractivity contribution in [2.75, 3.05) is 11.5 Å². The molecule has 0 bridgehead atoms. The topological polar surface area (TPSA) is 72.4 Å². The summed E-state index contributed by atoms with van der Waals surface area (Å²) in [6.45, 7) is 2.46. The minimum Gasteiger partial charge on any atom is -0.494 e. The van der Waals surface area contributed by atoms with Crippen molar-refractivity contribution < 1.29 is 14.3 Å². The van der Waals surface area contributed by atoms with Crippen LogP contribution in [0.1, 0.15) is 13.3 Å². The Bertz CT molecular complexity index is 1330. The Hall–Kier alpha value is -3.71. The van der Waals surface area contributed by atoms with Gasteiger partial charge in [-0.15, -0.1) is 0 Å². The van der Waals surface area contributed by atoms with Crippen LogP contribution in [0.5, 0.6) is 5.75 Å². The molecule has 1 unspecified atom stereocenters. The zero-order valence-corrected chi connectivity index (χ0v) is 18.8. The van der Waals surface area contributed by atoms with Crippen LogP contribution in [-0.2, 0) is 9.59 Å². The SMILES string of the molecule is CCOc1ccc(N2C(=O)CC(Sc3nc(-c4ccccc4)c4ccccc4n3)C2=O)cc1. The number of imide groups is 1. The highest BCUT2D eigenvalue weighted by Crippen LogP contribution is 2.35. The molecule has 6 nitrogen and oxygen atoms in total. The fraction of sp³-hybridized carbons (Fsp3) is 0.154. The third-order valence-electron chi connectivity index (χ3n) is 5.39. The lowest BCUT2D eigenvalue weighted by Gasteiger charge is -2.15. The summed E-state index contributed by atoms with van der Waals surface area (Å²) in [6.07, 6.45) is 0.105. The molecule has 4 aromatic rings. The van der Waals surface area contributed by atoms with Crippen LogP contribution >= 0.6 is 11.8 Å². The maximum absolute atomic E-state index is 13.1. The van der Waals surface area contributed by atoms with E-state index in [0.717, 1.165) is 22.2 Å². The third kappa shape index (κ3) is 4.19. The molecular weight excluding hydrogens is 434 g/mol. The van der Waals surface area contributed by atoms with Gasteiger partial charge in [-0.1, -0.05) is 60.3 Å². The number of anilines is 1. The number of aromatic nitrogens is 2. The van der Waals surface area contributed by atoms with Crippen LogP contribution < -0.4 is 9.64 Å². The van der Waals surface area contributed by atoms with Gasteiger partial charge in [-0.25, -0.2) is 14.9 Å². The number of benzene rings is 3. The number of carbonyl (C=O) groups is 2. The second-order valence-electron chi connectivity index (χ2n) is 7.54. The summed E-state index contributed by atoms with van der Waals surface area (Å²) >= 11 is 1.24. The van der Waals surface area contributed by atoms with Crippen LogP contribution in [0.2, 0.25) is 0 Å². The second-order valence-corrected chi connectivity index (χ2v) is 8.71. The number of fused-ring (bicyclic) bond motifs is 1. The third-order valence-corrected chi connectivity index (χ3v) is 6.43.